The van der Waals surface area contributed by atoms with Crippen molar-refractivity contribution in [3.8, 4) is 5.75 Å². The molecule has 0 heterocycles. The summed E-state index contributed by atoms with van der Waals surface area (Å²) in [5.41, 5.74) is 1.12. The van der Waals surface area contributed by atoms with Gasteiger partial charge in [-0.3, -0.25) is 4.79 Å². The minimum Gasteiger partial charge on any atom is -0.497 e. The van der Waals surface area contributed by atoms with Gasteiger partial charge >= 0.3 is 0 Å². The Hall–Kier alpha value is -1.55. The standard InChI is InChI=1S/C12H18N2O2/c1-9(12(15)13-2)14-8-10-4-6-11(16-3)7-5-10/h4-7,9,14H,8H2,1-3H3,(H,13,15)/t9-/m1/s1. The summed E-state index contributed by atoms with van der Waals surface area (Å²) in [5, 5.41) is 5.73. The Morgan fingerprint density at radius 2 is 2.00 bits per heavy atom. The lowest BCUT2D eigenvalue weighted by molar-refractivity contribution is -0.122. The summed E-state index contributed by atoms with van der Waals surface area (Å²) in [6.45, 7) is 2.50. The number of methoxy groups -OCH3 is 1. The van der Waals surface area contributed by atoms with Crippen LogP contribution in [0.15, 0.2) is 24.3 Å². The maximum atomic E-state index is 11.2. The smallest absolute Gasteiger partial charge is 0.236 e. The quantitative estimate of drug-likeness (QED) is 0.779. The van der Waals surface area contributed by atoms with Crippen LogP contribution in [0.4, 0.5) is 0 Å². The molecule has 4 heteroatoms. The van der Waals surface area contributed by atoms with Gasteiger partial charge in [0, 0.05) is 13.6 Å². The predicted molar refractivity (Wildman–Crippen MR) is 63.4 cm³/mol. The third kappa shape index (κ3) is 3.55. The van der Waals surface area contributed by atoms with E-state index in [2.05, 4.69) is 10.6 Å². The summed E-state index contributed by atoms with van der Waals surface area (Å²) in [7, 11) is 3.27. The van der Waals surface area contributed by atoms with Crippen molar-refractivity contribution in [2.45, 2.75) is 19.5 Å². The lowest BCUT2D eigenvalue weighted by Gasteiger charge is -2.12. The first kappa shape index (κ1) is 12.5. The van der Waals surface area contributed by atoms with Crippen molar-refractivity contribution in [2.75, 3.05) is 14.2 Å². The van der Waals surface area contributed by atoms with Gasteiger partial charge < -0.3 is 15.4 Å². The molecular formula is C12H18N2O2. The zero-order valence-electron chi connectivity index (χ0n) is 9.91. The van der Waals surface area contributed by atoms with Gasteiger partial charge in [0.25, 0.3) is 0 Å². The number of hydrogen-bond donors (Lipinski definition) is 2. The van der Waals surface area contributed by atoms with Gasteiger partial charge in [0.1, 0.15) is 5.75 Å². The van der Waals surface area contributed by atoms with E-state index in [1.54, 1.807) is 14.2 Å². The summed E-state index contributed by atoms with van der Waals surface area (Å²) in [6.07, 6.45) is 0. The van der Waals surface area contributed by atoms with Crippen molar-refractivity contribution in [2.24, 2.45) is 0 Å². The molecule has 0 aliphatic carbocycles. The lowest BCUT2D eigenvalue weighted by atomic mass is 10.2. The van der Waals surface area contributed by atoms with Gasteiger partial charge in [0.05, 0.1) is 13.2 Å². The number of benzene rings is 1. The molecule has 1 aromatic rings. The molecule has 1 amide bonds. The predicted octanol–water partition coefficient (Wildman–Crippen LogP) is 0.919. The SMILES string of the molecule is CNC(=O)[C@@H](C)NCc1ccc(OC)cc1. The first-order valence-corrected chi connectivity index (χ1v) is 5.25. The van der Waals surface area contributed by atoms with E-state index >= 15 is 0 Å². The molecule has 2 N–H and O–H groups in total. The summed E-state index contributed by atoms with van der Waals surface area (Å²) in [5.74, 6) is 0.830. The molecular weight excluding hydrogens is 204 g/mol. The van der Waals surface area contributed by atoms with Crippen molar-refractivity contribution >= 4 is 5.91 Å². The molecule has 1 rings (SSSR count). The topological polar surface area (TPSA) is 50.4 Å². The molecule has 16 heavy (non-hydrogen) atoms. The van der Waals surface area contributed by atoms with Gasteiger partial charge in [0.2, 0.25) is 5.91 Å². The number of carbonyl (C=O) groups is 1. The van der Waals surface area contributed by atoms with Gasteiger partial charge in [-0.15, -0.1) is 0 Å². The zero-order chi connectivity index (χ0) is 12.0. The molecule has 1 atom stereocenters. The van der Waals surface area contributed by atoms with Crippen LogP contribution in [-0.4, -0.2) is 26.1 Å². The molecule has 88 valence electrons. The molecule has 0 radical (unpaired) electrons. The maximum absolute atomic E-state index is 11.2. The maximum Gasteiger partial charge on any atom is 0.236 e. The highest BCUT2D eigenvalue weighted by Crippen LogP contribution is 2.10. The number of likely N-dealkylation sites (N-methyl/N-ethyl adjacent to an activating group) is 1. The fraction of sp³-hybridized carbons (Fsp3) is 0.417. The molecule has 0 unspecified atom stereocenters. The van der Waals surface area contributed by atoms with Crippen LogP contribution >= 0.6 is 0 Å². The van der Waals surface area contributed by atoms with E-state index in [1.165, 1.54) is 0 Å². The van der Waals surface area contributed by atoms with Crippen LogP contribution < -0.4 is 15.4 Å². The van der Waals surface area contributed by atoms with Gasteiger partial charge in [-0.25, -0.2) is 0 Å². The third-order valence-corrected chi connectivity index (χ3v) is 2.41. The molecule has 1 aromatic carbocycles. The van der Waals surface area contributed by atoms with Crippen LogP contribution in [0.2, 0.25) is 0 Å². The summed E-state index contributed by atoms with van der Waals surface area (Å²) in [4.78, 5) is 11.2. The van der Waals surface area contributed by atoms with Gasteiger partial charge in [-0.1, -0.05) is 12.1 Å². The van der Waals surface area contributed by atoms with Crippen molar-refractivity contribution in [1.29, 1.82) is 0 Å². The lowest BCUT2D eigenvalue weighted by Crippen LogP contribution is -2.40. The van der Waals surface area contributed by atoms with Crippen LogP contribution in [0.3, 0.4) is 0 Å². The van der Waals surface area contributed by atoms with Gasteiger partial charge in [0.15, 0.2) is 0 Å². The minimum atomic E-state index is -0.188. The molecule has 0 aliphatic rings. The Kier molecular flexibility index (Phi) is 4.79. The highest BCUT2D eigenvalue weighted by atomic mass is 16.5. The number of ether oxygens (including phenoxy) is 1. The second kappa shape index (κ2) is 6.12. The Morgan fingerprint density at radius 3 is 2.50 bits per heavy atom. The normalized spacial score (nSPS) is 11.9. The number of nitrogens with one attached hydrogen (secondary N) is 2. The zero-order valence-corrected chi connectivity index (χ0v) is 9.91. The number of hydrogen-bond acceptors (Lipinski definition) is 3. The Bertz CT molecular complexity index is 335. The summed E-state index contributed by atoms with van der Waals surface area (Å²) in [6, 6.07) is 7.57. The minimum absolute atomic E-state index is 0.00601. The number of carbonyl (C=O) groups excluding carboxylic acids is 1. The van der Waals surface area contributed by atoms with E-state index in [0.29, 0.717) is 6.54 Å². The highest BCUT2D eigenvalue weighted by molar-refractivity contribution is 5.80. The second-order valence-corrected chi connectivity index (χ2v) is 3.56. The molecule has 0 aliphatic heterocycles. The van der Waals surface area contributed by atoms with E-state index in [9.17, 15) is 4.79 Å². The van der Waals surface area contributed by atoms with Crippen LogP contribution in [0, 0.1) is 0 Å². The third-order valence-electron chi connectivity index (χ3n) is 2.41. The van der Waals surface area contributed by atoms with E-state index in [4.69, 9.17) is 4.74 Å². The van der Waals surface area contributed by atoms with Crippen molar-refractivity contribution in [3.05, 3.63) is 29.8 Å². The van der Waals surface area contributed by atoms with Crippen LogP contribution in [0.5, 0.6) is 5.75 Å². The van der Waals surface area contributed by atoms with Gasteiger partial charge in [-0.2, -0.15) is 0 Å². The Labute approximate surface area is 96.0 Å². The van der Waals surface area contributed by atoms with Crippen LogP contribution in [0.1, 0.15) is 12.5 Å². The molecule has 0 bridgehead atoms. The average Bonchev–Trinajstić information content (AvgIpc) is 2.35. The molecule has 0 saturated heterocycles. The molecule has 4 nitrogen and oxygen atoms in total. The number of amides is 1. The second-order valence-electron chi connectivity index (χ2n) is 3.56. The van der Waals surface area contributed by atoms with E-state index in [-0.39, 0.29) is 11.9 Å². The summed E-state index contributed by atoms with van der Waals surface area (Å²) >= 11 is 0. The molecule has 0 aromatic heterocycles. The first-order chi connectivity index (χ1) is 7.67. The van der Waals surface area contributed by atoms with Gasteiger partial charge in [-0.05, 0) is 24.6 Å². The van der Waals surface area contributed by atoms with E-state index in [1.807, 2.05) is 31.2 Å². The monoisotopic (exact) mass is 222 g/mol. The Balaban J connectivity index is 2.45. The van der Waals surface area contributed by atoms with E-state index < -0.39 is 0 Å². The fourth-order valence-corrected chi connectivity index (χ4v) is 1.32. The van der Waals surface area contributed by atoms with Crippen LogP contribution in [0.25, 0.3) is 0 Å². The largest absolute Gasteiger partial charge is 0.497 e. The Morgan fingerprint density at radius 1 is 1.38 bits per heavy atom. The van der Waals surface area contributed by atoms with Crippen molar-refractivity contribution < 1.29 is 9.53 Å². The first-order valence-electron chi connectivity index (χ1n) is 5.25. The summed E-state index contributed by atoms with van der Waals surface area (Å²) < 4.78 is 5.07. The highest BCUT2D eigenvalue weighted by Gasteiger charge is 2.09. The van der Waals surface area contributed by atoms with Crippen molar-refractivity contribution in [1.82, 2.24) is 10.6 Å². The van der Waals surface area contributed by atoms with Crippen molar-refractivity contribution in [3.63, 3.8) is 0 Å². The molecule has 0 spiro atoms. The van der Waals surface area contributed by atoms with Crippen LogP contribution in [-0.2, 0) is 11.3 Å². The molecule has 0 fully saturated rings. The average molecular weight is 222 g/mol. The van der Waals surface area contributed by atoms with E-state index in [0.717, 1.165) is 11.3 Å². The molecule has 0 saturated carbocycles. The number of rotatable bonds is 5. The fourth-order valence-electron chi connectivity index (χ4n) is 1.32.